The van der Waals surface area contributed by atoms with Gasteiger partial charge >= 0.3 is 5.97 Å². The molecule has 68 valence electrons. The average Bonchev–Trinajstić information content (AvgIpc) is 2.36. The molecule has 1 rings (SSSR count). The molecular formula is C9H14O3. The molecule has 0 aromatic heterocycles. The lowest BCUT2D eigenvalue weighted by molar-refractivity contribution is -0.156. The Hall–Kier alpha value is -0.860. The molecule has 0 bridgehead atoms. The van der Waals surface area contributed by atoms with Crippen molar-refractivity contribution in [3.05, 3.63) is 0 Å². The van der Waals surface area contributed by atoms with E-state index in [9.17, 15) is 9.59 Å². The molecule has 0 aliphatic heterocycles. The minimum atomic E-state index is -0.445. The van der Waals surface area contributed by atoms with Crippen LogP contribution in [0.4, 0.5) is 0 Å². The lowest BCUT2D eigenvalue weighted by Gasteiger charge is -2.11. The van der Waals surface area contributed by atoms with E-state index < -0.39 is 6.10 Å². The largest absolute Gasteiger partial charge is 0.454 e. The molecule has 1 saturated carbocycles. The Morgan fingerprint density at radius 1 is 1.58 bits per heavy atom. The van der Waals surface area contributed by atoms with Gasteiger partial charge in [0, 0.05) is 6.42 Å². The van der Waals surface area contributed by atoms with E-state index in [0.717, 1.165) is 6.42 Å². The molecule has 0 spiro atoms. The van der Waals surface area contributed by atoms with E-state index in [0.29, 0.717) is 12.8 Å². The van der Waals surface area contributed by atoms with E-state index in [2.05, 4.69) is 0 Å². The van der Waals surface area contributed by atoms with Crippen LogP contribution in [0, 0.1) is 5.92 Å². The van der Waals surface area contributed by atoms with Crippen molar-refractivity contribution in [2.45, 2.75) is 39.2 Å². The van der Waals surface area contributed by atoms with Gasteiger partial charge in [-0.05, 0) is 12.8 Å². The molecule has 0 radical (unpaired) electrons. The van der Waals surface area contributed by atoms with E-state index >= 15 is 0 Å². The van der Waals surface area contributed by atoms with Gasteiger partial charge in [-0.2, -0.15) is 0 Å². The van der Waals surface area contributed by atoms with Gasteiger partial charge in [-0.3, -0.25) is 9.59 Å². The van der Waals surface area contributed by atoms with Gasteiger partial charge in [-0.1, -0.05) is 13.8 Å². The zero-order valence-corrected chi connectivity index (χ0v) is 7.50. The van der Waals surface area contributed by atoms with Crippen LogP contribution in [0.5, 0.6) is 0 Å². The fraction of sp³-hybridized carbons (Fsp3) is 0.778. The minimum Gasteiger partial charge on any atom is -0.454 e. The lowest BCUT2D eigenvalue weighted by atomic mass is 10.2. The highest BCUT2D eigenvalue weighted by atomic mass is 16.5. The maximum atomic E-state index is 11.1. The van der Waals surface area contributed by atoms with Gasteiger partial charge in [-0.25, -0.2) is 0 Å². The van der Waals surface area contributed by atoms with Gasteiger partial charge in [0.25, 0.3) is 0 Å². The van der Waals surface area contributed by atoms with E-state index in [-0.39, 0.29) is 17.7 Å². The Labute approximate surface area is 72.1 Å². The van der Waals surface area contributed by atoms with Crippen molar-refractivity contribution in [1.82, 2.24) is 0 Å². The topological polar surface area (TPSA) is 43.4 Å². The highest BCUT2D eigenvalue weighted by Crippen LogP contribution is 2.18. The summed E-state index contributed by atoms with van der Waals surface area (Å²) in [6.45, 7) is 3.53. The third-order valence-corrected chi connectivity index (χ3v) is 1.98. The monoisotopic (exact) mass is 170 g/mol. The zero-order chi connectivity index (χ0) is 9.14. The molecular weight excluding hydrogens is 156 g/mol. The molecule has 1 atom stereocenters. The van der Waals surface area contributed by atoms with Crippen molar-refractivity contribution in [3.8, 4) is 0 Å². The zero-order valence-electron chi connectivity index (χ0n) is 7.50. The summed E-state index contributed by atoms with van der Waals surface area (Å²) in [5.74, 6) is -0.336. The molecule has 0 aromatic rings. The van der Waals surface area contributed by atoms with Gasteiger partial charge in [0.1, 0.15) is 0 Å². The quantitative estimate of drug-likeness (QED) is 0.587. The molecule has 3 nitrogen and oxygen atoms in total. The predicted molar refractivity (Wildman–Crippen MR) is 43.6 cm³/mol. The van der Waals surface area contributed by atoms with Crippen molar-refractivity contribution < 1.29 is 14.3 Å². The first kappa shape index (κ1) is 9.23. The summed E-state index contributed by atoms with van der Waals surface area (Å²) in [4.78, 5) is 22.1. The number of esters is 1. The normalized spacial score (nSPS) is 23.2. The number of hydrogen-bond donors (Lipinski definition) is 0. The molecule has 1 fully saturated rings. The summed E-state index contributed by atoms with van der Waals surface area (Å²) >= 11 is 0. The number of rotatable bonds is 2. The second-order valence-electron chi connectivity index (χ2n) is 3.44. The van der Waals surface area contributed by atoms with Crippen LogP contribution in [0.1, 0.15) is 33.1 Å². The first-order chi connectivity index (χ1) is 5.61. The fourth-order valence-electron chi connectivity index (χ4n) is 1.18. The van der Waals surface area contributed by atoms with E-state index in [1.165, 1.54) is 0 Å². The molecule has 1 aliphatic rings. The molecule has 0 N–H and O–H groups in total. The Morgan fingerprint density at radius 2 is 2.25 bits per heavy atom. The summed E-state index contributed by atoms with van der Waals surface area (Å²) in [5.41, 5.74) is 0. The molecule has 3 heteroatoms. The van der Waals surface area contributed by atoms with E-state index in [4.69, 9.17) is 4.74 Å². The second kappa shape index (κ2) is 3.70. The van der Waals surface area contributed by atoms with Gasteiger partial charge < -0.3 is 4.74 Å². The third kappa shape index (κ3) is 2.06. The minimum absolute atomic E-state index is 0.0731. The summed E-state index contributed by atoms with van der Waals surface area (Å²) in [7, 11) is 0. The van der Waals surface area contributed by atoms with E-state index in [1.807, 2.05) is 0 Å². The molecule has 0 heterocycles. The first-order valence-corrected chi connectivity index (χ1v) is 4.34. The SMILES string of the molecule is CC(C)C(=O)OC1CCCC1=O. The van der Waals surface area contributed by atoms with Crippen LogP contribution in [0.15, 0.2) is 0 Å². The number of Topliss-reactive ketones (excluding diaryl/α,β-unsaturated/α-hetero) is 1. The number of hydrogen-bond acceptors (Lipinski definition) is 3. The predicted octanol–water partition coefficient (Wildman–Crippen LogP) is 1.31. The first-order valence-electron chi connectivity index (χ1n) is 4.34. The third-order valence-electron chi connectivity index (χ3n) is 1.98. The van der Waals surface area contributed by atoms with Gasteiger partial charge in [0.15, 0.2) is 11.9 Å². The molecule has 12 heavy (non-hydrogen) atoms. The van der Waals surface area contributed by atoms with Crippen LogP contribution in [0.25, 0.3) is 0 Å². The van der Waals surface area contributed by atoms with E-state index in [1.54, 1.807) is 13.8 Å². The summed E-state index contributed by atoms with van der Waals surface area (Å²) in [6.07, 6.45) is 1.68. The van der Waals surface area contributed by atoms with Gasteiger partial charge in [-0.15, -0.1) is 0 Å². The van der Waals surface area contributed by atoms with Gasteiger partial charge in [0.2, 0.25) is 0 Å². The highest BCUT2D eigenvalue weighted by Gasteiger charge is 2.28. The summed E-state index contributed by atoms with van der Waals surface area (Å²) in [5, 5.41) is 0. The average molecular weight is 170 g/mol. The number of carbonyl (C=O) groups is 2. The molecule has 0 aromatic carbocycles. The molecule has 1 aliphatic carbocycles. The molecule has 0 saturated heterocycles. The Morgan fingerprint density at radius 3 is 2.67 bits per heavy atom. The van der Waals surface area contributed by atoms with Crippen LogP contribution in [0.3, 0.4) is 0 Å². The number of carbonyl (C=O) groups excluding carboxylic acids is 2. The maximum Gasteiger partial charge on any atom is 0.309 e. The smallest absolute Gasteiger partial charge is 0.309 e. The summed E-state index contributed by atoms with van der Waals surface area (Å²) < 4.78 is 5.00. The lowest BCUT2D eigenvalue weighted by Crippen LogP contribution is -2.24. The van der Waals surface area contributed by atoms with Gasteiger partial charge in [0.05, 0.1) is 5.92 Å². The number of ether oxygens (including phenoxy) is 1. The standard InChI is InChI=1S/C9H14O3/c1-6(2)9(11)12-8-5-3-4-7(8)10/h6,8H,3-5H2,1-2H3. The van der Waals surface area contributed by atoms with Crippen LogP contribution >= 0.6 is 0 Å². The van der Waals surface area contributed by atoms with Crippen molar-refractivity contribution in [2.75, 3.05) is 0 Å². The van der Waals surface area contributed by atoms with Crippen molar-refractivity contribution in [1.29, 1.82) is 0 Å². The van der Waals surface area contributed by atoms with Crippen molar-refractivity contribution in [2.24, 2.45) is 5.92 Å². The fourth-order valence-corrected chi connectivity index (χ4v) is 1.18. The van der Waals surface area contributed by atoms with Crippen LogP contribution in [0.2, 0.25) is 0 Å². The summed E-state index contributed by atoms with van der Waals surface area (Å²) in [6, 6.07) is 0. The Kier molecular flexibility index (Phi) is 2.84. The van der Waals surface area contributed by atoms with Crippen molar-refractivity contribution in [3.63, 3.8) is 0 Å². The van der Waals surface area contributed by atoms with Crippen LogP contribution in [-0.2, 0) is 14.3 Å². The molecule has 1 unspecified atom stereocenters. The van der Waals surface area contributed by atoms with Crippen LogP contribution < -0.4 is 0 Å². The van der Waals surface area contributed by atoms with Crippen molar-refractivity contribution >= 4 is 11.8 Å². The Balaban J connectivity index is 2.40. The maximum absolute atomic E-state index is 11.1. The second-order valence-corrected chi connectivity index (χ2v) is 3.44. The highest BCUT2D eigenvalue weighted by molar-refractivity contribution is 5.87. The van der Waals surface area contributed by atoms with Crippen LogP contribution in [-0.4, -0.2) is 17.9 Å². The number of ketones is 1. The Bertz CT molecular complexity index is 196. The molecule has 0 amide bonds.